The molecule has 1 amide bonds. The molecule has 1 aromatic carbocycles. The van der Waals surface area contributed by atoms with Crippen LogP contribution < -0.4 is 5.73 Å². The van der Waals surface area contributed by atoms with Crippen LogP contribution >= 0.6 is 0 Å². The second kappa shape index (κ2) is 6.14. The lowest BCUT2D eigenvalue weighted by molar-refractivity contribution is 0.0748. The minimum Gasteiger partial charge on any atom is -0.396 e. The van der Waals surface area contributed by atoms with E-state index in [-0.39, 0.29) is 23.7 Å². The van der Waals surface area contributed by atoms with Gasteiger partial charge in [0.2, 0.25) is 0 Å². The molecule has 0 fully saturated rings. The maximum atomic E-state index is 13.6. The summed E-state index contributed by atoms with van der Waals surface area (Å²) in [4.78, 5) is 13.4. The van der Waals surface area contributed by atoms with Crippen LogP contribution in [0.25, 0.3) is 0 Å². The van der Waals surface area contributed by atoms with E-state index in [0.717, 1.165) is 6.07 Å². The number of halogens is 2. The molecule has 0 radical (unpaired) electrons. The Balaban J connectivity index is 3.05. The lowest BCUT2D eigenvalue weighted by Gasteiger charge is -2.22. The Hall–Kier alpha value is -2.16. The van der Waals surface area contributed by atoms with Crippen LogP contribution in [0.15, 0.2) is 12.1 Å². The topological polar surface area (TPSA) is 70.1 Å². The number of benzene rings is 1. The number of nitrogen functional groups attached to an aromatic ring is 1. The molecule has 6 heteroatoms. The van der Waals surface area contributed by atoms with Crippen LogP contribution in [-0.2, 0) is 0 Å². The van der Waals surface area contributed by atoms with Gasteiger partial charge in [0.25, 0.3) is 5.91 Å². The summed E-state index contributed by atoms with van der Waals surface area (Å²) in [5.74, 6) is -2.83. The van der Waals surface area contributed by atoms with Gasteiger partial charge >= 0.3 is 0 Å². The first-order chi connectivity index (χ1) is 8.90. The van der Waals surface area contributed by atoms with Crippen molar-refractivity contribution in [2.75, 3.05) is 18.8 Å². The molecule has 0 aliphatic heterocycles. The maximum Gasteiger partial charge on any atom is 0.256 e. The van der Waals surface area contributed by atoms with E-state index in [0.29, 0.717) is 12.6 Å². The van der Waals surface area contributed by atoms with Crippen molar-refractivity contribution in [3.05, 3.63) is 29.3 Å². The van der Waals surface area contributed by atoms with Gasteiger partial charge in [-0.15, -0.1) is 0 Å². The van der Waals surface area contributed by atoms with E-state index in [1.807, 2.05) is 6.07 Å². The number of hydrogen-bond acceptors (Lipinski definition) is 3. The number of amides is 1. The summed E-state index contributed by atoms with van der Waals surface area (Å²) >= 11 is 0. The molecule has 102 valence electrons. The highest BCUT2D eigenvalue weighted by Crippen LogP contribution is 2.18. The Morgan fingerprint density at radius 1 is 1.47 bits per heavy atom. The molecule has 1 unspecified atom stereocenters. The molecule has 0 aliphatic carbocycles. The molecule has 0 saturated carbocycles. The molecule has 0 aromatic heterocycles. The van der Waals surface area contributed by atoms with Gasteiger partial charge in [-0.25, -0.2) is 8.78 Å². The van der Waals surface area contributed by atoms with E-state index in [4.69, 9.17) is 11.0 Å². The van der Waals surface area contributed by atoms with Crippen molar-refractivity contribution in [1.29, 1.82) is 5.26 Å². The Morgan fingerprint density at radius 2 is 2.11 bits per heavy atom. The molecule has 1 atom stereocenters. The third-order valence-corrected chi connectivity index (χ3v) is 2.70. The number of rotatable bonds is 4. The van der Waals surface area contributed by atoms with Gasteiger partial charge in [-0.1, -0.05) is 0 Å². The van der Waals surface area contributed by atoms with Crippen molar-refractivity contribution in [2.24, 2.45) is 5.92 Å². The van der Waals surface area contributed by atoms with Crippen LogP contribution in [0.4, 0.5) is 14.5 Å². The van der Waals surface area contributed by atoms with Crippen molar-refractivity contribution in [1.82, 2.24) is 4.90 Å². The monoisotopic (exact) mass is 267 g/mol. The predicted molar refractivity (Wildman–Crippen MR) is 67.1 cm³/mol. The average Bonchev–Trinajstić information content (AvgIpc) is 2.39. The Kier molecular flexibility index (Phi) is 4.81. The number of nitrogens with two attached hydrogens (primary N) is 1. The third-order valence-electron chi connectivity index (χ3n) is 2.70. The summed E-state index contributed by atoms with van der Waals surface area (Å²) in [6.45, 7) is 3.88. The number of hydrogen-bond donors (Lipinski definition) is 1. The van der Waals surface area contributed by atoms with E-state index in [9.17, 15) is 13.6 Å². The number of anilines is 1. The van der Waals surface area contributed by atoms with Crippen LogP contribution in [0.3, 0.4) is 0 Å². The summed E-state index contributed by atoms with van der Waals surface area (Å²) in [5.41, 5.74) is 4.76. The van der Waals surface area contributed by atoms with E-state index in [2.05, 4.69) is 0 Å². The summed E-state index contributed by atoms with van der Waals surface area (Å²) < 4.78 is 26.6. The molecule has 1 rings (SSSR count). The molecule has 19 heavy (non-hydrogen) atoms. The number of nitrogens with zero attached hydrogens (tertiary/aromatic N) is 2. The van der Waals surface area contributed by atoms with Gasteiger partial charge in [0.15, 0.2) is 0 Å². The minimum absolute atomic E-state index is 0.183. The molecule has 0 saturated heterocycles. The molecular formula is C13H15F2N3O. The Bertz CT molecular complexity index is 525. The van der Waals surface area contributed by atoms with Gasteiger partial charge in [-0.3, -0.25) is 4.79 Å². The second-order valence-corrected chi connectivity index (χ2v) is 4.23. The Labute approximate surface area is 110 Å². The van der Waals surface area contributed by atoms with Crippen molar-refractivity contribution < 1.29 is 13.6 Å². The van der Waals surface area contributed by atoms with Gasteiger partial charge in [0, 0.05) is 19.2 Å². The lowest BCUT2D eigenvalue weighted by Crippen LogP contribution is -2.35. The number of carbonyl (C=O) groups excluding carboxylic acids is 1. The van der Waals surface area contributed by atoms with Crippen molar-refractivity contribution >= 4 is 11.6 Å². The molecular weight excluding hydrogens is 252 g/mol. The van der Waals surface area contributed by atoms with E-state index in [1.54, 1.807) is 13.8 Å². The smallest absolute Gasteiger partial charge is 0.256 e. The van der Waals surface area contributed by atoms with Crippen LogP contribution in [0.2, 0.25) is 0 Å². The van der Waals surface area contributed by atoms with E-state index in [1.165, 1.54) is 4.90 Å². The molecule has 4 nitrogen and oxygen atoms in total. The average molecular weight is 267 g/mol. The highest BCUT2D eigenvalue weighted by atomic mass is 19.1. The highest BCUT2D eigenvalue weighted by Gasteiger charge is 2.21. The Morgan fingerprint density at radius 3 is 2.63 bits per heavy atom. The second-order valence-electron chi connectivity index (χ2n) is 4.23. The van der Waals surface area contributed by atoms with Crippen LogP contribution in [0.5, 0.6) is 0 Å². The summed E-state index contributed by atoms with van der Waals surface area (Å²) in [5, 5.41) is 8.74. The van der Waals surface area contributed by atoms with Gasteiger partial charge in [0.05, 0.1) is 23.2 Å². The molecule has 1 aromatic rings. The summed E-state index contributed by atoms with van der Waals surface area (Å²) in [6.07, 6.45) is 0. The number of carbonyl (C=O) groups is 1. The zero-order chi connectivity index (χ0) is 14.6. The van der Waals surface area contributed by atoms with Crippen LogP contribution in [0, 0.1) is 28.9 Å². The molecule has 0 heterocycles. The van der Waals surface area contributed by atoms with Crippen LogP contribution in [-0.4, -0.2) is 23.9 Å². The standard InChI is InChI=1S/C13H15F2N3O/c1-3-18(7-8(2)6-16)13(19)9-4-12(17)11(15)5-10(9)14/h4-5,8H,3,7,17H2,1-2H3. The van der Waals surface area contributed by atoms with E-state index >= 15 is 0 Å². The maximum absolute atomic E-state index is 13.6. The van der Waals surface area contributed by atoms with Gasteiger partial charge in [-0.2, -0.15) is 5.26 Å². The largest absolute Gasteiger partial charge is 0.396 e. The normalized spacial score (nSPS) is 11.7. The first kappa shape index (κ1) is 14.9. The number of nitriles is 1. The SMILES string of the molecule is CCN(CC(C)C#N)C(=O)c1cc(N)c(F)cc1F. The van der Waals surface area contributed by atoms with Gasteiger partial charge < -0.3 is 10.6 Å². The zero-order valence-corrected chi connectivity index (χ0v) is 10.8. The minimum atomic E-state index is -0.959. The molecule has 2 N–H and O–H groups in total. The zero-order valence-electron chi connectivity index (χ0n) is 10.8. The van der Waals surface area contributed by atoms with Gasteiger partial charge in [-0.05, 0) is 19.9 Å². The quantitative estimate of drug-likeness (QED) is 0.850. The van der Waals surface area contributed by atoms with Crippen molar-refractivity contribution in [2.45, 2.75) is 13.8 Å². The third kappa shape index (κ3) is 3.41. The summed E-state index contributed by atoms with van der Waals surface area (Å²) in [7, 11) is 0. The fourth-order valence-electron chi connectivity index (χ4n) is 1.63. The van der Waals surface area contributed by atoms with Crippen molar-refractivity contribution in [3.8, 4) is 6.07 Å². The fraction of sp³-hybridized carbons (Fsp3) is 0.385. The van der Waals surface area contributed by atoms with E-state index < -0.39 is 17.5 Å². The molecule has 0 spiro atoms. The lowest BCUT2D eigenvalue weighted by atomic mass is 10.1. The fourth-order valence-corrected chi connectivity index (χ4v) is 1.63. The van der Waals surface area contributed by atoms with Gasteiger partial charge in [0.1, 0.15) is 11.6 Å². The van der Waals surface area contributed by atoms with Crippen molar-refractivity contribution in [3.63, 3.8) is 0 Å². The van der Waals surface area contributed by atoms with Crippen LogP contribution in [0.1, 0.15) is 24.2 Å². The summed E-state index contributed by atoms with van der Waals surface area (Å²) in [6, 6.07) is 3.57. The predicted octanol–water partition coefficient (Wildman–Crippen LogP) is 2.17. The first-order valence-electron chi connectivity index (χ1n) is 5.84. The first-order valence-corrected chi connectivity index (χ1v) is 5.84. The molecule has 0 aliphatic rings. The highest BCUT2D eigenvalue weighted by molar-refractivity contribution is 5.95. The molecule has 0 bridgehead atoms.